The van der Waals surface area contributed by atoms with Crippen molar-refractivity contribution < 1.29 is 14.3 Å². The van der Waals surface area contributed by atoms with Crippen molar-refractivity contribution in [2.24, 2.45) is 0 Å². The van der Waals surface area contributed by atoms with Crippen LogP contribution >= 0.6 is 15.9 Å². The third-order valence-corrected chi connectivity index (χ3v) is 3.35. The molecule has 0 spiro atoms. The fourth-order valence-electron chi connectivity index (χ4n) is 1.72. The van der Waals surface area contributed by atoms with Crippen LogP contribution in [0.2, 0.25) is 0 Å². The van der Waals surface area contributed by atoms with Crippen LogP contribution in [0.1, 0.15) is 12.8 Å². The third kappa shape index (κ3) is 2.98. The molecule has 4 nitrogen and oxygen atoms in total. The van der Waals surface area contributed by atoms with Crippen LogP contribution in [0.4, 0.5) is 5.69 Å². The van der Waals surface area contributed by atoms with Crippen molar-refractivity contribution in [3.63, 3.8) is 0 Å². The number of ether oxygens (including phenoxy) is 2. The van der Waals surface area contributed by atoms with Crippen molar-refractivity contribution >= 4 is 27.5 Å². The van der Waals surface area contributed by atoms with E-state index in [1.54, 1.807) is 13.2 Å². The fraction of sp³-hybridized carbons (Fsp3) is 0.417. The van der Waals surface area contributed by atoms with Gasteiger partial charge in [0, 0.05) is 17.1 Å². The topological polar surface area (TPSA) is 47.6 Å². The third-order valence-electron chi connectivity index (χ3n) is 2.65. The molecule has 0 saturated carbocycles. The number of benzene rings is 1. The molecule has 5 heteroatoms. The van der Waals surface area contributed by atoms with Gasteiger partial charge in [-0.15, -0.1) is 0 Å². The second kappa shape index (κ2) is 5.51. The first-order chi connectivity index (χ1) is 8.20. The van der Waals surface area contributed by atoms with E-state index in [4.69, 9.17) is 9.47 Å². The minimum atomic E-state index is -0.326. The normalized spacial score (nSPS) is 19.1. The highest BCUT2D eigenvalue weighted by Gasteiger charge is 2.24. The molecule has 1 N–H and O–H groups in total. The van der Waals surface area contributed by atoms with Crippen LogP contribution in [0.25, 0.3) is 0 Å². The van der Waals surface area contributed by atoms with Crippen LogP contribution in [-0.4, -0.2) is 25.7 Å². The van der Waals surface area contributed by atoms with Crippen molar-refractivity contribution in [1.29, 1.82) is 0 Å². The molecule has 17 heavy (non-hydrogen) atoms. The number of anilines is 1. The first-order valence-corrected chi connectivity index (χ1v) is 6.26. The number of carbonyl (C=O) groups excluding carboxylic acids is 1. The van der Waals surface area contributed by atoms with Crippen molar-refractivity contribution in [3.05, 3.63) is 22.7 Å². The molecular weight excluding hydrogens is 286 g/mol. The van der Waals surface area contributed by atoms with E-state index in [0.717, 1.165) is 17.3 Å². The van der Waals surface area contributed by atoms with Gasteiger partial charge in [-0.3, -0.25) is 4.79 Å². The Kier molecular flexibility index (Phi) is 4.02. The summed E-state index contributed by atoms with van der Waals surface area (Å²) in [5, 5.41) is 2.84. The second-order valence-electron chi connectivity index (χ2n) is 3.84. The molecule has 1 heterocycles. The van der Waals surface area contributed by atoms with Gasteiger partial charge in [-0.05, 0) is 40.9 Å². The average Bonchev–Trinajstić information content (AvgIpc) is 2.85. The van der Waals surface area contributed by atoms with Gasteiger partial charge in [-0.2, -0.15) is 0 Å². The summed E-state index contributed by atoms with van der Waals surface area (Å²) in [5.74, 6) is 0.604. The number of methoxy groups -OCH3 is 1. The summed E-state index contributed by atoms with van der Waals surface area (Å²) in [4.78, 5) is 11.9. The number of hydrogen-bond acceptors (Lipinski definition) is 3. The molecule has 0 bridgehead atoms. The molecule has 0 aliphatic carbocycles. The zero-order chi connectivity index (χ0) is 12.3. The van der Waals surface area contributed by atoms with E-state index in [0.29, 0.717) is 18.0 Å². The molecule has 1 fully saturated rings. The second-order valence-corrected chi connectivity index (χ2v) is 4.69. The summed E-state index contributed by atoms with van der Waals surface area (Å²) in [6.45, 7) is 0.664. The van der Waals surface area contributed by atoms with E-state index in [-0.39, 0.29) is 12.0 Å². The van der Waals surface area contributed by atoms with Crippen molar-refractivity contribution in [2.45, 2.75) is 18.9 Å². The summed E-state index contributed by atoms with van der Waals surface area (Å²) in [6, 6.07) is 5.44. The number of carbonyl (C=O) groups is 1. The van der Waals surface area contributed by atoms with Gasteiger partial charge < -0.3 is 14.8 Å². The SMILES string of the molecule is COc1ccc(Br)c(NC(=O)C2CCCO2)c1. The van der Waals surface area contributed by atoms with Gasteiger partial charge in [0.1, 0.15) is 11.9 Å². The van der Waals surface area contributed by atoms with Gasteiger partial charge in [-0.1, -0.05) is 0 Å². The number of hydrogen-bond donors (Lipinski definition) is 1. The molecule has 1 atom stereocenters. The minimum Gasteiger partial charge on any atom is -0.497 e. The predicted molar refractivity (Wildman–Crippen MR) is 68.3 cm³/mol. The number of halogens is 1. The maximum absolute atomic E-state index is 11.9. The Morgan fingerprint density at radius 2 is 2.41 bits per heavy atom. The molecule has 1 saturated heterocycles. The largest absolute Gasteiger partial charge is 0.497 e. The Balaban J connectivity index is 2.09. The van der Waals surface area contributed by atoms with Gasteiger partial charge in [0.15, 0.2) is 0 Å². The van der Waals surface area contributed by atoms with Gasteiger partial charge in [-0.25, -0.2) is 0 Å². The molecular formula is C12H14BrNO3. The predicted octanol–water partition coefficient (Wildman–Crippen LogP) is 2.58. The highest BCUT2D eigenvalue weighted by molar-refractivity contribution is 9.10. The summed E-state index contributed by atoms with van der Waals surface area (Å²) in [6.07, 6.45) is 1.40. The van der Waals surface area contributed by atoms with Gasteiger partial charge in [0.2, 0.25) is 0 Å². The van der Waals surface area contributed by atoms with E-state index < -0.39 is 0 Å². The lowest BCUT2D eigenvalue weighted by molar-refractivity contribution is -0.124. The lowest BCUT2D eigenvalue weighted by Gasteiger charge is -2.12. The average molecular weight is 300 g/mol. The Morgan fingerprint density at radius 1 is 1.59 bits per heavy atom. The summed E-state index contributed by atoms with van der Waals surface area (Å²) < 4.78 is 11.3. The smallest absolute Gasteiger partial charge is 0.253 e. The Morgan fingerprint density at radius 3 is 3.06 bits per heavy atom. The van der Waals surface area contributed by atoms with Gasteiger partial charge in [0.25, 0.3) is 5.91 Å². The van der Waals surface area contributed by atoms with Crippen LogP contribution in [-0.2, 0) is 9.53 Å². The Bertz CT molecular complexity index is 416. The highest BCUT2D eigenvalue weighted by atomic mass is 79.9. The number of nitrogens with one attached hydrogen (secondary N) is 1. The van der Waals surface area contributed by atoms with Crippen LogP contribution in [0, 0.1) is 0 Å². The number of amides is 1. The van der Waals surface area contributed by atoms with Crippen molar-refractivity contribution in [2.75, 3.05) is 19.0 Å². The molecule has 92 valence electrons. The zero-order valence-corrected chi connectivity index (χ0v) is 11.1. The summed E-state index contributed by atoms with van der Waals surface area (Å²) in [7, 11) is 1.59. The van der Waals surface area contributed by atoms with Crippen LogP contribution in [0.3, 0.4) is 0 Å². The summed E-state index contributed by atoms with van der Waals surface area (Å²) >= 11 is 3.39. The first-order valence-electron chi connectivity index (χ1n) is 5.46. The first kappa shape index (κ1) is 12.4. The molecule has 1 aromatic carbocycles. The molecule has 0 aromatic heterocycles. The van der Waals surface area contributed by atoms with Crippen molar-refractivity contribution in [1.82, 2.24) is 0 Å². The lowest BCUT2D eigenvalue weighted by Crippen LogP contribution is -2.26. The fourth-order valence-corrected chi connectivity index (χ4v) is 2.07. The molecule has 1 aliphatic heterocycles. The van der Waals surface area contributed by atoms with Gasteiger partial charge in [0.05, 0.1) is 12.8 Å². The molecule has 1 unspecified atom stereocenters. The standard InChI is InChI=1S/C12H14BrNO3/c1-16-8-4-5-9(13)10(7-8)14-12(15)11-3-2-6-17-11/h4-5,7,11H,2-3,6H2,1H3,(H,14,15). The highest BCUT2D eigenvalue weighted by Crippen LogP contribution is 2.27. The van der Waals surface area contributed by atoms with Gasteiger partial charge >= 0.3 is 0 Å². The van der Waals surface area contributed by atoms with Crippen LogP contribution < -0.4 is 10.1 Å². The molecule has 1 amide bonds. The number of rotatable bonds is 3. The van der Waals surface area contributed by atoms with E-state index in [2.05, 4.69) is 21.2 Å². The summed E-state index contributed by atoms with van der Waals surface area (Å²) in [5.41, 5.74) is 0.699. The Labute approximate surface area is 108 Å². The van der Waals surface area contributed by atoms with Crippen molar-refractivity contribution in [3.8, 4) is 5.75 Å². The van der Waals surface area contributed by atoms with Crippen LogP contribution in [0.5, 0.6) is 5.75 Å². The molecule has 2 rings (SSSR count). The lowest BCUT2D eigenvalue weighted by atomic mass is 10.2. The quantitative estimate of drug-likeness (QED) is 0.933. The maximum atomic E-state index is 11.9. The molecule has 1 aromatic rings. The van der Waals surface area contributed by atoms with E-state index >= 15 is 0 Å². The van der Waals surface area contributed by atoms with Crippen LogP contribution in [0.15, 0.2) is 22.7 Å². The minimum absolute atomic E-state index is 0.101. The van der Waals surface area contributed by atoms with E-state index in [1.165, 1.54) is 0 Å². The monoisotopic (exact) mass is 299 g/mol. The van der Waals surface area contributed by atoms with E-state index in [1.807, 2.05) is 12.1 Å². The molecule has 0 radical (unpaired) electrons. The Hall–Kier alpha value is -1.07. The van der Waals surface area contributed by atoms with E-state index in [9.17, 15) is 4.79 Å². The molecule has 1 aliphatic rings. The maximum Gasteiger partial charge on any atom is 0.253 e. The zero-order valence-electron chi connectivity index (χ0n) is 9.53.